The van der Waals surface area contributed by atoms with Gasteiger partial charge in [0, 0.05) is 24.8 Å². The molecule has 0 fully saturated rings. The van der Waals surface area contributed by atoms with Gasteiger partial charge in [0.1, 0.15) is 0 Å². The highest BCUT2D eigenvalue weighted by Gasteiger charge is 2.34. The average molecular weight is 309 g/mol. The molecule has 0 aliphatic heterocycles. The van der Waals surface area contributed by atoms with Gasteiger partial charge in [-0.3, -0.25) is 4.68 Å². The van der Waals surface area contributed by atoms with Crippen molar-refractivity contribution in [2.24, 2.45) is 7.05 Å². The first-order chi connectivity index (χ1) is 10.3. The SMILES string of the molecule is CCn1ncc2c(C(F)(F)F)cc(-c3cnn(C)c3C)nc21. The summed E-state index contributed by atoms with van der Waals surface area (Å²) < 4.78 is 43.1. The number of pyridine rings is 1. The maximum atomic E-state index is 13.3. The van der Waals surface area contributed by atoms with Crippen molar-refractivity contribution >= 4 is 11.0 Å². The average Bonchev–Trinajstić information content (AvgIpc) is 3.01. The summed E-state index contributed by atoms with van der Waals surface area (Å²) in [4.78, 5) is 4.37. The molecule has 0 amide bonds. The quantitative estimate of drug-likeness (QED) is 0.730. The van der Waals surface area contributed by atoms with E-state index < -0.39 is 11.7 Å². The van der Waals surface area contributed by atoms with E-state index in [1.807, 2.05) is 6.92 Å². The van der Waals surface area contributed by atoms with Crippen molar-refractivity contribution in [3.63, 3.8) is 0 Å². The van der Waals surface area contributed by atoms with Gasteiger partial charge in [-0.1, -0.05) is 0 Å². The summed E-state index contributed by atoms with van der Waals surface area (Å²) in [6.07, 6.45) is -1.72. The lowest BCUT2D eigenvalue weighted by Gasteiger charge is -2.10. The van der Waals surface area contributed by atoms with Crippen LogP contribution in [0.1, 0.15) is 18.2 Å². The second kappa shape index (κ2) is 4.82. The Labute approximate surface area is 124 Å². The lowest BCUT2D eigenvalue weighted by atomic mass is 10.1. The van der Waals surface area contributed by atoms with Gasteiger partial charge < -0.3 is 0 Å². The van der Waals surface area contributed by atoms with Gasteiger partial charge in [-0.25, -0.2) is 9.67 Å². The van der Waals surface area contributed by atoms with Crippen LogP contribution in [0.4, 0.5) is 13.2 Å². The lowest BCUT2D eigenvalue weighted by molar-refractivity contribution is -0.136. The highest BCUT2D eigenvalue weighted by atomic mass is 19.4. The number of aryl methyl sites for hydroxylation is 2. The molecule has 3 rings (SSSR count). The predicted molar refractivity (Wildman–Crippen MR) is 75.1 cm³/mol. The van der Waals surface area contributed by atoms with Crippen molar-refractivity contribution in [1.82, 2.24) is 24.5 Å². The van der Waals surface area contributed by atoms with Crippen molar-refractivity contribution in [3.05, 3.63) is 29.7 Å². The van der Waals surface area contributed by atoms with Gasteiger partial charge in [0.2, 0.25) is 0 Å². The Hall–Kier alpha value is -2.38. The molecule has 0 bridgehead atoms. The van der Waals surface area contributed by atoms with Gasteiger partial charge in [0.15, 0.2) is 5.65 Å². The van der Waals surface area contributed by atoms with Crippen molar-refractivity contribution in [1.29, 1.82) is 0 Å². The highest BCUT2D eigenvalue weighted by molar-refractivity contribution is 5.83. The summed E-state index contributed by atoms with van der Waals surface area (Å²) in [5.41, 5.74) is 1.09. The summed E-state index contributed by atoms with van der Waals surface area (Å²) in [7, 11) is 1.73. The summed E-state index contributed by atoms with van der Waals surface area (Å²) in [5.74, 6) is 0. The van der Waals surface area contributed by atoms with E-state index in [-0.39, 0.29) is 16.7 Å². The first-order valence-electron chi connectivity index (χ1n) is 6.75. The normalized spacial score (nSPS) is 12.3. The van der Waals surface area contributed by atoms with Gasteiger partial charge in [0.25, 0.3) is 0 Å². The van der Waals surface area contributed by atoms with Crippen LogP contribution >= 0.6 is 0 Å². The molecule has 5 nitrogen and oxygen atoms in total. The topological polar surface area (TPSA) is 48.5 Å². The minimum atomic E-state index is -4.46. The molecule has 0 unspecified atom stereocenters. The largest absolute Gasteiger partial charge is 0.417 e. The van der Waals surface area contributed by atoms with Crippen molar-refractivity contribution in [2.75, 3.05) is 0 Å². The van der Waals surface area contributed by atoms with Crippen LogP contribution in [0, 0.1) is 6.92 Å². The number of alkyl halides is 3. The van der Waals surface area contributed by atoms with Crippen LogP contribution in [-0.4, -0.2) is 24.5 Å². The molecule has 8 heteroatoms. The number of nitrogens with zero attached hydrogens (tertiary/aromatic N) is 5. The maximum absolute atomic E-state index is 13.3. The van der Waals surface area contributed by atoms with E-state index in [9.17, 15) is 13.2 Å². The van der Waals surface area contributed by atoms with Crippen molar-refractivity contribution in [3.8, 4) is 11.3 Å². The summed E-state index contributed by atoms with van der Waals surface area (Å²) in [5, 5.41) is 8.06. The molecule has 0 aromatic carbocycles. The Morgan fingerprint density at radius 2 is 1.91 bits per heavy atom. The van der Waals surface area contributed by atoms with Gasteiger partial charge in [-0.15, -0.1) is 0 Å². The fourth-order valence-electron chi connectivity index (χ4n) is 2.40. The van der Waals surface area contributed by atoms with E-state index in [0.29, 0.717) is 12.1 Å². The van der Waals surface area contributed by atoms with Crippen LogP contribution < -0.4 is 0 Å². The lowest BCUT2D eigenvalue weighted by Crippen LogP contribution is -2.08. The van der Waals surface area contributed by atoms with Crippen molar-refractivity contribution < 1.29 is 13.2 Å². The number of rotatable bonds is 2. The molecule has 0 aliphatic carbocycles. The summed E-state index contributed by atoms with van der Waals surface area (Å²) >= 11 is 0. The molecule has 3 aromatic rings. The van der Waals surface area contributed by atoms with Crippen LogP contribution in [0.2, 0.25) is 0 Å². The third-order valence-electron chi connectivity index (χ3n) is 3.73. The summed E-state index contributed by atoms with van der Waals surface area (Å²) in [6.45, 7) is 4.05. The Balaban J connectivity index is 2.34. The van der Waals surface area contributed by atoms with Crippen LogP contribution in [0.5, 0.6) is 0 Å². The zero-order valence-electron chi connectivity index (χ0n) is 12.3. The first kappa shape index (κ1) is 14.6. The molecular weight excluding hydrogens is 295 g/mol. The molecule has 22 heavy (non-hydrogen) atoms. The van der Waals surface area contributed by atoms with Gasteiger partial charge in [-0.05, 0) is 19.9 Å². The molecule has 0 atom stereocenters. The van der Waals surface area contributed by atoms with E-state index in [4.69, 9.17) is 0 Å². The van der Waals surface area contributed by atoms with E-state index >= 15 is 0 Å². The number of halogens is 3. The first-order valence-corrected chi connectivity index (χ1v) is 6.75. The zero-order chi connectivity index (χ0) is 16.1. The van der Waals surface area contributed by atoms with Crippen molar-refractivity contribution in [2.45, 2.75) is 26.6 Å². The molecule has 3 aromatic heterocycles. The molecule has 0 N–H and O–H groups in total. The molecule has 0 spiro atoms. The molecule has 0 saturated carbocycles. The maximum Gasteiger partial charge on any atom is 0.417 e. The number of fused-ring (bicyclic) bond motifs is 1. The minimum Gasteiger partial charge on any atom is -0.272 e. The predicted octanol–water partition coefficient (Wildman–Crippen LogP) is 3.18. The Morgan fingerprint density at radius 1 is 1.18 bits per heavy atom. The third-order valence-corrected chi connectivity index (χ3v) is 3.73. The molecule has 0 saturated heterocycles. The van der Waals surface area contributed by atoms with Crippen LogP contribution in [0.25, 0.3) is 22.3 Å². The summed E-state index contributed by atoms with van der Waals surface area (Å²) in [6, 6.07) is 1.06. The standard InChI is InChI=1S/C14H14F3N5/c1-4-22-13-10(7-19-22)11(14(15,16)17)5-12(20-13)9-6-18-21(3)8(9)2/h5-7H,4H2,1-3H3. The molecule has 0 aliphatic rings. The number of aromatic nitrogens is 5. The highest BCUT2D eigenvalue weighted by Crippen LogP contribution is 2.37. The second-order valence-corrected chi connectivity index (χ2v) is 5.02. The fourth-order valence-corrected chi connectivity index (χ4v) is 2.40. The number of hydrogen-bond donors (Lipinski definition) is 0. The van der Waals surface area contributed by atoms with E-state index in [2.05, 4.69) is 15.2 Å². The molecule has 0 radical (unpaired) electrons. The Kier molecular flexibility index (Phi) is 3.19. The molecule has 3 heterocycles. The van der Waals surface area contributed by atoms with Crippen LogP contribution in [0.3, 0.4) is 0 Å². The van der Waals surface area contributed by atoms with E-state index in [0.717, 1.165) is 11.8 Å². The molecule has 116 valence electrons. The fraction of sp³-hybridized carbons (Fsp3) is 0.357. The van der Waals surface area contributed by atoms with Crippen LogP contribution in [-0.2, 0) is 19.8 Å². The number of hydrogen-bond acceptors (Lipinski definition) is 3. The minimum absolute atomic E-state index is 0.0136. The zero-order valence-corrected chi connectivity index (χ0v) is 12.3. The van der Waals surface area contributed by atoms with Crippen LogP contribution in [0.15, 0.2) is 18.5 Å². The Morgan fingerprint density at radius 3 is 2.45 bits per heavy atom. The smallest absolute Gasteiger partial charge is 0.272 e. The third kappa shape index (κ3) is 2.15. The van der Waals surface area contributed by atoms with E-state index in [1.165, 1.54) is 17.1 Å². The second-order valence-electron chi connectivity index (χ2n) is 5.02. The Bertz CT molecular complexity index is 844. The monoisotopic (exact) mass is 309 g/mol. The van der Waals surface area contributed by atoms with Gasteiger partial charge in [0.05, 0.1) is 29.0 Å². The molecular formula is C14H14F3N5. The van der Waals surface area contributed by atoms with Gasteiger partial charge >= 0.3 is 6.18 Å². The van der Waals surface area contributed by atoms with Gasteiger partial charge in [-0.2, -0.15) is 23.4 Å². The van der Waals surface area contributed by atoms with E-state index in [1.54, 1.807) is 18.7 Å².